The van der Waals surface area contributed by atoms with Crippen molar-refractivity contribution < 1.29 is 0 Å². The maximum atomic E-state index is 5.32. The summed E-state index contributed by atoms with van der Waals surface area (Å²) in [5.74, 6) is 3.38. The summed E-state index contributed by atoms with van der Waals surface area (Å²) in [4.78, 5) is 31.4. The molecule has 0 radical (unpaired) electrons. The summed E-state index contributed by atoms with van der Waals surface area (Å²) in [6.45, 7) is 0. The summed E-state index contributed by atoms with van der Waals surface area (Å²) in [6.07, 6.45) is 0. The fraction of sp³-hybridized carbons (Fsp3) is 0. The largest absolute Gasteiger partial charge is 0.308 e. The molecule has 68 heavy (non-hydrogen) atoms. The van der Waals surface area contributed by atoms with E-state index in [1.807, 2.05) is 91.0 Å². The Hall–Kier alpha value is -8.98. The Morgan fingerprint density at radius 3 is 1.31 bits per heavy atom. The standard InChI is InChI=1S/C60H37N7S/c1-5-17-38(18-6-1)42-29-32-46-45-25-13-15-27-50(45)67(52(46)36-42)51-34-31-43(35-49(51)60-65-56(40-21-9-3-10-22-40)61-57(66-60)41-23-11-4-12-24-41)58-62-55(39-19-7-2-8-20-39)63-59(64-58)44-30-33-48-47-26-14-16-28-53(47)68-54(48)37-44/h1-37H. The van der Waals surface area contributed by atoms with Crippen molar-refractivity contribution >= 4 is 53.3 Å². The third-order valence-corrected chi connectivity index (χ3v) is 13.7. The lowest BCUT2D eigenvalue weighted by Gasteiger charge is -2.16. The van der Waals surface area contributed by atoms with Crippen LogP contribution < -0.4 is 0 Å². The zero-order valence-electron chi connectivity index (χ0n) is 36.4. The van der Waals surface area contributed by atoms with Crippen molar-refractivity contribution in [3.63, 3.8) is 0 Å². The van der Waals surface area contributed by atoms with E-state index in [1.54, 1.807) is 11.3 Å². The van der Waals surface area contributed by atoms with Gasteiger partial charge >= 0.3 is 0 Å². The molecule has 0 N–H and O–H groups in total. The van der Waals surface area contributed by atoms with Crippen molar-refractivity contribution in [2.75, 3.05) is 0 Å². The molecular weight excluding hydrogens is 851 g/mol. The lowest BCUT2D eigenvalue weighted by Crippen LogP contribution is -2.05. The van der Waals surface area contributed by atoms with Gasteiger partial charge in [0.2, 0.25) is 0 Å². The van der Waals surface area contributed by atoms with Crippen molar-refractivity contribution in [1.29, 1.82) is 0 Å². The van der Waals surface area contributed by atoms with E-state index in [0.717, 1.165) is 72.0 Å². The molecule has 0 saturated heterocycles. The molecule has 8 heteroatoms. The van der Waals surface area contributed by atoms with Gasteiger partial charge in [0, 0.05) is 64.3 Å². The molecule has 0 amide bonds. The molecule has 4 aromatic heterocycles. The molecule has 0 spiro atoms. The molecule has 13 aromatic rings. The minimum absolute atomic E-state index is 0.521. The average Bonchev–Trinajstić information content (AvgIpc) is 3.96. The van der Waals surface area contributed by atoms with Gasteiger partial charge in [-0.1, -0.05) is 182 Å². The van der Waals surface area contributed by atoms with Gasteiger partial charge in [0.25, 0.3) is 0 Å². The molecule has 0 atom stereocenters. The normalized spacial score (nSPS) is 11.5. The van der Waals surface area contributed by atoms with Crippen LogP contribution in [0.15, 0.2) is 224 Å². The first-order valence-electron chi connectivity index (χ1n) is 22.5. The van der Waals surface area contributed by atoms with E-state index in [-0.39, 0.29) is 0 Å². The summed E-state index contributed by atoms with van der Waals surface area (Å²) in [7, 11) is 0. The number of thiophene rings is 1. The van der Waals surface area contributed by atoms with Crippen LogP contribution in [0, 0.1) is 0 Å². The second kappa shape index (κ2) is 16.5. The third-order valence-electron chi connectivity index (χ3n) is 12.5. The first-order chi connectivity index (χ1) is 33.7. The van der Waals surface area contributed by atoms with E-state index < -0.39 is 0 Å². The summed E-state index contributed by atoms with van der Waals surface area (Å²) < 4.78 is 4.77. The molecule has 9 aromatic carbocycles. The van der Waals surface area contributed by atoms with Gasteiger partial charge in [0.05, 0.1) is 16.7 Å². The number of hydrogen-bond acceptors (Lipinski definition) is 7. The molecule has 0 unspecified atom stereocenters. The average molecular weight is 888 g/mol. The van der Waals surface area contributed by atoms with Crippen molar-refractivity contribution in [2.45, 2.75) is 0 Å². The Balaban J connectivity index is 1.08. The molecule has 0 aliphatic heterocycles. The van der Waals surface area contributed by atoms with Gasteiger partial charge in [0.1, 0.15) is 0 Å². The number of fused-ring (bicyclic) bond motifs is 6. The molecule has 0 fully saturated rings. The lowest BCUT2D eigenvalue weighted by molar-refractivity contribution is 1.06. The van der Waals surface area contributed by atoms with Crippen LogP contribution in [0.4, 0.5) is 0 Å². The van der Waals surface area contributed by atoms with Crippen molar-refractivity contribution in [3.05, 3.63) is 224 Å². The fourth-order valence-electron chi connectivity index (χ4n) is 9.23. The summed E-state index contributed by atoms with van der Waals surface area (Å²) in [6, 6.07) is 77.6. The zero-order valence-corrected chi connectivity index (χ0v) is 37.2. The Morgan fingerprint density at radius 1 is 0.265 bits per heavy atom. The highest BCUT2D eigenvalue weighted by Crippen LogP contribution is 2.41. The Kier molecular flexibility index (Phi) is 9.54. The van der Waals surface area contributed by atoms with Crippen LogP contribution in [0.25, 0.3) is 127 Å². The van der Waals surface area contributed by atoms with E-state index >= 15 is 0 Å². The van der Waals surface area contributed by atoms with Crippen LogP contribution in [0.5, 0.6) is 0 Å². The number of benzene rings is 9. The molecule has 0 aliphatic rings. The van der Waals surface area contributed by atoms with Gasteiger partial charge in [-0.2, -0.15) is 0 Å². The molecule has 0 bridgehead atoms. The molecule has 0 saturated carbocycles. The minimum Gasteiger partial charge on any atom is -0.308 e. The maximum absolute atomic E-state index is 5.32. The molecule has 4 heterocycles. The van der Waals surface area contributed by atoms with Crippen molar-refractivity contribution in [2.24, 2.45) is 0 Å². The van der Waals surface area contributed by atoms with Crippen molar-refractivity contribution in [3.8, 4) is 85.1 Å². The highest BCUT2D eigenvalue weighted by atomic mass is 32.1. The molecule has 318 valence electrons. The second-order valence-corrected chi connectivity index (χ2v) is 17.8. The number of rotatable bonds is 8. The summed E-state index contributed by atoms with van der Waals surface area (Å²) >= 11 is 1.78. The van der Waals surface area contributed by atoms with Crippen LogP contribution >= 0.6 is 11.3 Å². The van der Waals surface area contributed by atoms with Crippen LogP contribution in [0.3, 0.4) is 0 Å². The van der Waals surface area contributed by atoms with Gasteiger partial charge in [-0.25, -0.2) is 29.9 Å². The monoisotopic (exact) mass is 887 g/mol. The first-order valence-corrected chi connectivity index (χ1v) is 23.3. The molecular formula is C60H37N7S. The minimum atomic E-state index is 0.521. The Bertz CT molecular complexity index is 3960. The van der Waals surface area contributed by atoms with E-state index in [0.29, 0.717) is 34.9 Å². The quantitative estimate of drug-likeness (QED) is 0.151. The lowest BCUT2D eigenvalue weighted by atomic mass is 10.0. The predicted molar refractivity (Wildman–Crippen MR) is 278 cm³/mol. The van der Waals surface area contributed by atoms with E-state index in [2.05, 4.69) is 138 Å². The Labute approximate surface area is 395 Å². The van der Waals surface area contributed by atoms with Gasteiger partial charge in [-0.3, -0.25) is 0 Å². The Morgan fingerprint density at radius 2 is 0.691 bits per heavy atom. The van der Waals surface area contributed by atoms with E-state index in [9.17, 15) is 0 Å². The van der Waals surface area contributed by atoms with Crippen LogP contribution in [-0.4, -0.2) is 34.5 Å². The topological polar surface area (TPSA) is 82.3 Å². The number of nitrogens with zero attached hydrogens (tertiary/aromatic N) is 7. The van der Waals surface area contributed by atoms with E-state index in [1.165, 1.54) is 20.2 Å². The van der Waals surface area contributed by atoms with Crippen LogP contribution in [0.2, 0.25) is 0 Å². The van der Waals surface area contributed by atoms with Gasteiger partial charge in [0.15, 0.2) is 34.9 Å². The van der Waals surface area contributed by atoms with Gasteiger partial charge in [-0.05, 0) is 53.6 Å². The van der Waals surface area contributed by atoms with Crippen LogP contribution in [-0.2, 0) is 0 Å². The summed E-state index contributed by atoms with van der Waals surface area (Å²) in [5.41, 5.74) is 10.5. The molecule has 13 rings (SSSR count). The highest BCUT2D eigenvalue weighted by molar-refractivity contribution is 7.25. The second-order valence-electron chi connectivity index (χ2n) is 16.7. The van der Waals surface area contributed by atoms with E-state index in [4.69, 9.17) is 29.9 Å². The molecule has 7 nitrogen and oxygen atoms in total. The zero-order chi connectivity index (χ0) is 45.0. The van der Waals surface area contributed by atoms with Crippen LogP contribution in [0.1, 0.15) is 0 Å². The van der Waals surface area contributed by atoms with Gasteiger partial charge < -0.3 is 4.57 Å². The fourth-order valence-corrected chi connectivity index (χ4v) is 10.4. The van der Waals surface area contributed by atoms with Crippen molar-refractivity contribution in [1.82, 2.24) is 34.5 Å². The number of para-hydroxylation sites is 1. The maximum Gasteiger partial charge on any atom is 0.166 e. The summed E-state index contributed by atoms with van der Waals surface area (Å²) in [5, 5.41) is 4.76. The third kappa shape index (κ3) is 6.99. The smallest absolute Gasteiger partial charge is 0.166 e. The number of aromatic nitrogens is 7. The van der Waals surface area contributed by atoms with Gasteiger partial charge in [-0.15, -0.1) is 11.3 Å². The highest BCUT2D eigenvalue weighted by Gasteiger charge is 2.22. The number of hydrogen-bond donors (Lipinski definition) is 0. The first kappa shape index (κ1) is 39.4. The SMILES string of the molecule is c1ccc(-c2ccc3c4ccccc4n(-c4ccc(-c5nc(-c6ccccc6)nc(-c6ccc7c(c6)sc6ccccc67)n5)cc4-c4nc(-c5ccccc5)nc(-c5ccccc5)n4)c3c2)cc1. The molecule has 0 aliphatic carbocycles. The predicted octanol–water partition coefficient (Wildman–Crippen LogP) is 15.2.